The van der Waals surface area contributed by atoms with Crippen molar-refractivity contribution in [1.29, 1.82) is 0 Å². The Morgan fingerprint density at radius 3 is 2.07 bits per heavy atom. The number of hydrogen-bond acceptors (Lipinski definition) is 0. The van der Waals surface area contributed by atoms with Gasteiger partial charge in [0.1, 0.15) is 0 Å². The Balaban J connectivity index is 0.00000160. The Morgan fingerprint density at radius 1 is 0.800 bits per heavy atom. The van der Waals surface area contributed by atoms with E-state index in [9.17, 15) is 0 Å². The SMILES string of the molecule is CCCCP(CCCC)C1=Cc2ccccc2[CH]1[Hf+2][CH]1C=Cc2ccccc21.[Cl-].[Cl-]. The zero-order valence-corrected chi connectivity index (χ0v) is 24.0. The number of hydrogen-bond donors (Lipinski definition) is 0. The van der Waals surface area contributed by atoms with Crippen molar-refractivity contribution < 1.29 is 47.7 Å². The van der Waals surface area contributed by atoms with E-state index in [-0.39, 0.29) is 32.7 Å². The number of rotatable bonds is 9. The second-order valence-corrected chi connectivity index (χ2v) is 16.0. The second-order valence-electron chi connectivity index (χ2n) is 7.96. The summed E-state index contributed by atoms with van der Waals surface area (Å²) in [7, 11) is 0.0389. The average molecular weight is 624 g/mol. The quantitative estimate of drug-likeness (QED) is 0.297. The summed E-state index contributed by atoms with van der Waals surface area (Å²) in [6, 6.07) is 18.4. The molecule has 0 bridgehead atoms. The van der Waals surface area contributed by atoms with Crippen molar-refractivity contribution >= 4 is 20.1 Å². The van der Waals surface area contributed by atoms with Gasteiger partial charge in [0.2, 0.25) is 0 Å². The fraction of sp³-hybridized carbons (Fsp3) is 0.385. The third kappa shape index (κ3) is 5.78. The first kappa shape index (κ1) is 26.1. The fourth-order valence-corrected chi connectivity index (χ4v) is 16.1. The number of benzene rings is 2. The van der Waals surface area contributed by atoms with Gasteiger partial charge in [0.05, 0.1) is 0 Å². The van der Waals surface area contributed by atoms with Gasteiger partial charge in [0, 0.05) is 0 Å². The first-order valence-corrected chi connectivity index (χ1v) is 16.8. The molecule has 0 spiro atoms. The van der Waals surface area contributed by atoms with Crippen LogP contribution in [0, 0.1) is 0 Å². The van der Waals surface area contributed by atoms with Crippen LogP contribution >= 0.6 is 7.92 Å². The molecule has 0 aliphatic heterocycles. The molecule has 4 heteroatoms. The molecule has 2 aromatic carbocycles. The molecule has 0 saturated carbocycles. The van der Waals surface area contributed by atoms with E-state index in [0.29, 0.717) is 0 Å². The number of halogens is 2. The summed E-state index contributed by atoms with van der Waals surface area (Å²) in [4.78, 5) is 0. The Kier molecular flexibility index (Phi) is 11.1. The summed E-state index contributed by atoms with van der Waals surface area (Å²) in [6.45, 7) is 4.70. The summed E-state index contributed by atoms with van der Waals surface area (Å²) >= 11 is -0.952. The van der Waals surface area contributed by atoms with Crippen molar-refractivity contribution in [3.05, 3.63) is 82.2 Å². The van der Waals surface area contributed by atoms with Crippen molar-refractivity contribution in [3.63, 3.8) is 0 Å². The second kappa shape index (κ2) is 12.7. The molecule has 2 aromatic rings. The largest absolute Gasteiger partial charge is 1.00 e. The van der Waals surface area contributed by atoms with Crippen molar-refractivity contribution in [2.24, 2.45) is 0 Å². The molecule has 0 saturated heterocycles. The Labute approximate surface area is 207 Å². The summed E-state index contributed by atoms with van der Waals surface area (Å²) in [5, 5.41) is 1.87. The van der Waals surface area contributed by atoms with Crippen LogP contribution in [0.25, 0.3) is 12.2 Å². The maximum Gasteiger partial charge on any atom is -1.00 e. The van der Waals surface area contributed by atoms with Crippen LogP contribution in [0.4, 0.5) is 0 Å². The van der Waals surface area contributed by atoms with E-state index in [4.69, 9.17) is 0 Å². The minimum Gasteiger partial charge on any atom is -1.00 e. The number of fused-ring (bicyclic) bond motifs is 2. The average Bonchev–Trinajstić information content (AvgIpc) is 3.31. The summed E-state index contributed by atoms with van der Waals surface area (Å²) in [6.07, 6.45) is 15.9. The van der Waals surface area contributed by atoms with E-state index in [1.165, 1.54) is 49.1 Å². The number of unbranched alkanes of at least 4 members (excludes halogenated alkanes) is 2. The van der Waals surface area contributed by atoms with Crippen LogP contribution in [0.2, 0.25) is 0 Å². The van der Waals surface area contributed by atoms with Crippen LogP contribution in [-0.4, -0.2) is 12.3 Å². The van der Waals surface area contributed by atoms with Gasteiger partial charge in [0.15, 0.2) is 0 Å². The third-order valence-electron chi connectivity index (χ3n) is 5.98. The molecular formula is C26H31Cl2HfP. The van der Waals surface area contributed by atoms with Gasteiger partial charge in [-0.3, -0.25) is 0 Å². The molecule has 0 fully saturated rings. The molecule has 0 N–H and O–H groups in total. The molecule has 4 rings (SSSR count). The van der Waals surface area contributed by atoms with Crippen molar-refractivity contribution in [2.75, 3.05) is 12.3 Å². The fourth-order valence-electron chi connectivity index (χ4n) is 4.40. The zero-order valence-electron chi connectivity index (χ0n) is 18.0. The smallest absolute Gasteiger partial charge is 1.00 e. The topological polar surface area (TPSA) is 0 Å². The molecule has 0 amide bonds. The van der Waals surface area contributed by atoms with Gasteiger partial charge in [-0.15, -0.1) is 0 Å². The summed E-state index contributed by atoms with van der Waals surface area (Å²) in [5.74, 6) is 0. The van der Waals surface area contributed by atoms with Gasteiger partial charge in [0.25, 0.3) is 0 Å². The predicted octanol–water partition coefficient (Wildman–Crippen LogP) is 2.02. The van der Waals surface area contributed by atoms with Gasteiger partial charge in [-0.1, -0.05) is 0 Å². The van der Waals surface area contributed by atoms with Crippen LogP contribution in [0.1, 0.15) is 69.1 Å². The molecule has 2 aliphatic rings. The molecule has 158 valence electrons. The van der Waals surface area contributed by atoms with E-state index in [1.807, 2.05) is 5.31 Å². The molecule has 0 radical (unpaired) electrons. The van der Waals surface area contributed by atoms with Crippen LogP contribution in [0.3, 0.4) is 0 Å². The Bertz CT molecular complexity index is 869. The van der Waals surface area contributed by atoms with Crippen molar-refractivity contribution in [3.8, 4) is 0 Å². The first-order chi connectivity index (χ1) is 13.8. The monoisotopic (exact) mass is 624 g/mol. The number of allylic oxidation sites excluding steroid dienone is 2. The molecule has 0 nitrogen and oxygen atoms in total. The van der Waals surface area contributed by atoms with E-state index < -0.39 is 22.9 Å². The molecule has 2 aliphatic carbocycles. The standard InChI is InChI=1S/C17H24P.C9H7.2ClH.Hf/c1-3-5-11-18(12-6-4-2)17-13-15-9-7-8-10-16(15)14-17;1-2-5-9-7-3-6-8(9)4-1;;;/h7-10,13-14H,3-6,11-12H2,1-2H3;1-7H;2*1H;/q;;;;+2/p-2. The predicted molar refractivity (Wildman–Crippen MR) is 122 cm³/mol. The van der Waals surface area contributed by atoms with Crippen LogP contribution < -0.4 is 24.8 Å². The Morgan fingerprint density at radius 2 is 1.40 bits per heavy atom. The van der Waals surface area contributed by atoms with Gasteiger partial charge in [-0.25, -0.2) is 0 Å². The van der Waals surface area contributed by atoms with E-state index in [0.717, 1.165) is 7.35 Å². The van der Waals surface area contributed by atoms with Crippen LogP contribution in [0.5, 0.6) is 0 Å². The van der Waals surface area contributed by atoms with Gasteiger partial charge < -0.3 is 24.8 Å². The minimum atomic E-state index is -0.952. The molecular weight excluding hydrogens is 593 g/mol. The normalized spacial score (nSPS) is 18.2. The molecule has 30 heavy (non-hydrogen) atoms. The minimum absolute atomic E-state index is 0. The van der Waals surface area contributed by atoms with E-state index in [1.54, 1.807) is 11.1 Å². The van der Waals surface area contributed by atoms with Crippen molar-refractivity contribution in [1.82, 2.24) is 0 Å². The summed E-state index contributed by atoms with van der Waals surface area (Å²) < 4.78 is 1.56. The van der Waals surface area contributed by atoms with Crippen LogP contribution in [-0.2, 0) is 22.9 Å². The Hall–Kier alpha value is -0.200. The zero-order chi connectivity index (χ0) is 19.3. The van der Waals surface area contributed by atoms with Gasteiger partial charge in [-0.05, 0) is 0 Å². The maximum absolute atomic E-state index is 2.63. The molecule has 0 aromatic heterocycles. The third-order valence-corrected chi connectivity index (χ3v) is 16.2. The summed E-state index contributed by atoms with van der Waals surface area (Å²) in [5.41, 5.74) is 6.28. The molecule has 2 unspecified atom stereocenters. The van der Waals surface area contributed by atoms with Crippen LogP contribution in [0.15, 0.2) is 59.9 Å². The molecule has 0 heterocycles. The van der Waals surface area contributed by atoms with E-state index >= 15 is 0 Å². The first-order valence-electron chi connectivity index (χ1n) is 10.9. The molecule has 2 atom stereocenters. The van der Waals surface area contributed by atoms with E-state index in [2.05, 4.69) is 80.6 Å². The maximum atomic E-state index is 2.63. The van der Waals surface area contributed by atoms with Gasteiger partial charge in [-0.2, -0.15) is 0 Å². The van der Waals surface area contributed by atoms with Crippen molar-refractivity contribution in [2.45, 2.75) is 46.9 Å². The van der Waals surface area contributed by atoms with Gasteiger partial charge >= 0.3 is 184 Å².